The van der Waals surface area contributed by atoms with E-state index >= 15 is 0 Å². The number of aliphatic hydroxyl groups excluding tert-OH is 1. The molecule has 2 unspecified atom stereocenters. The molecule has 2 atom stereocenters. The maximum atomic E-state index is 13.1. The Hall–Kier alpha value is 0.900. The third-order valence-corrected chi connectivity index (χ3v) is 11.0. The van der Waals surface area contributed by atoms with Crippen molar-refractivity contribution >= 4 is 149 Å². The van der Waals surface area contributed by atoms with Crippen LogP contribution in [-0.2, 0) is 4.74 Å². The van der Waals surface area contributed by atoms with Gasteiger partial charge in [0, 0.05) is 25.8 Å². The average Bonchev–Trinajstić information content (AvgIpc) is 2.82. The van der Waals surface area contributed by atoms with Crippen LogP contribution in [0.3, 0.4) is 0 Å². The number of rotatable bonds is 3. The zero-order chi connectivity index (χ0) is 25.9. The lowest BCUT2D eigenvalue weighted by atomic mass is 9.86. The van der Waals surface area contributed by atoms with Gasteiger partial charge in [-0.1, -0.05) is 69.0 Å². The van der Waals surface area contributed by atoms with Crippen LogP contribution in [0.15, 0.2) is 18.9 Å². The van der Waals surface area contributed by atoms with Crippen molar-refractivity contribution in [2.45, 2.75) is 17.0 Å². The number of alkyl halides is 1. The normalized spacial score (nSPS) is 17.4. The molecule has 184 valence electrons. The van der Waals surface area contributed by atoms with Gasteiger partial charge in [-0.15, -0.1) is 0 Å². The lowest BCUT2D eigenvalue weighted by Crippen LogP contribution is -2.21. The van der Waals surface area contributed by atoms with E-state index in [1.165, 1.54) is 0 Å². The van der Waals surface area contributed by atoms with Crippen molar-refractivity contribution in [2.75, 3.05) is 6.61 Å². The summed E-state index contributed by atoms with van der Waals surface area (Å²) < 4.78 is 12.5. The summed E-state index contributed by atoms with van der Waals surface area (Å²) in [5.41, 5.74) is 1.49. The Morgan fingerprint density at radius 1 is 1.09 bits per heavy atom. The summed E-state index contributed by atoms with van der Waals surface area (Å²) in [6.45, 7) is 1.75. The van der Waals surface area contributed by atoms with Gasteiger partial charge in [0.1, 0.15) is 19.4 Å². The molecule has 4 rings (SSSR count). The van der Waals surface area contributed by atoms with Crippen LogP contribution >= 0.6 is 137 Å². The fourth-order valence-corrected chi connectivity index (χ4v) is 8.71. The van der Waals surface area contributed by atoms with Crippen molar-refractivity contribution in [3.63, 3.8) is 0 Å². The number of ether oxygens (including phenoxy) is 1. The van der Waals surface area contributed by atoms with Crippen LogP contribution in [0.1, 0.15) is 32.5 Å². The Morgan fingerprint density at radius 3 is 2.34 bits per heavy atom. The highest BCUT2D eigenvalue weighted by molar-refractivity contribution is 14.1. The largest absolute Gasteiger partial charge is 0.462 e. The predicted molar refractivity (Wildman–Crippen MR) is 173 cm³/mol. The standard InChI is InChI=1S/C22H10Cl4I4O5/c1-2-34-22(33)11-10(12(23)14(25)15(26)13(11)24)9-5-3-7(27)18(31)16(29)20(5)35-21-6(9)4-8(28)19(32)17(21)30/h3-4,16,18,31H,2H2,1H3. The molecule has 0 amide bonds. The van der Waals surface area contributed by atoms with E-state index in [0.29, 0.717) is 33.2 Å². The highest BCUT2D eigenvalue weighted by atomic mass is 127. The fraction of sp³-hybridized carbons (Fsp3) is 0.182. The van der Waals surface area contributed by atoms with Gasteiger partial charge < -0.3 is 14.3 Å². The first-order chi connectivity index (χ1) is 16.4. The zero-order valence-corrected chi connectivity index (χ0v) is 28.8. The highest BCUT2D eigenvalue weighted by Crippen LogP contribution is 2.54. The number of carbonyl (C=O) groups excluding carboxylic acids is 1. The minimum atomic E-state index is -0.830. The van der Waals surface area contributed by atoms with Crippen molar-refractivity contribution in [2.24, 2.45) is 0 Å². The molecule has 0 fully saturated rings. The Balaban J connectivity index is 2.31. The monoisotopic (exact) mass is 1000 g/mol. The van der Waals surface area contributed by atoms with E-state index in [9.17, 15) is 14.7 Å². The Bertz CT molecular complexity index is 1470. The summed E-state index contributed by atoms with van der Waals surface area (Å²) in [5, 5.41) is 10.5. The average molecular weight is 1000 g/mol. The van der Waals surface area contributed by atoms with E-state index in [0.717, 1.165) is 0 Å². The number of fused-ring (bicyclic) bond motifs is 2. The van der Waals surface area contributed by atoms with E-state index in [2.05, 4.69) is 22.6 Å². The molecule has 2 aliphatic carbocycles. The van der Waals surface area contributed by atoms with E-state index in [4.69, 9.17) is 55.6 Å². The number of aliphatic hydroxyl groups is 1. The summed E-state index contributed by atoms with van der Waals surface area (Å²) in [6, 6.07) is 1.66. The number of esters is 1. The molecule has 35 heavy (non-hydrogen) atoms. The quantitative estimate of drug-likeness (QED) is 0.0933. The van der Waals surface area contributed by atoms with Gasteiger partial charge in [-0.25, -0.2) is 4.79 Å². The molecule has 1 aromatic carbocycles. The van der Waals surface area contributed by atoms with Crippen LogP contribution < -0.4 is 5.43 Å². The van der Waals surface area contributed by atoms with E-state index in [1.807, 2.05) is 67.8 Å². The fourth-order valence-electron chi connectivity index (χ4n) is 3.69. The third kappa shape index (κ3) is 4.89. The molecule has 1 aromatic rings. The second-order valence-corrected chi connectivity index (χ2v) is 13.6. The van der Waals surface area contributed by atoms with Crippen LogP contribution in [0.2, 0.25) is 20.1 Å². The summed E-state index contributed by atoms with van der Waals surface area (Å²) in [4.78, 5) is 25.9. The summed E-state index contributed by atoms with van der Waals surface area (Å²) in [5.74, 6) is -0.0364. The molecular weight excluding hydrogens is 994 g/mol. The first-order valence-corrected chi connectivity index (χ1v) is 15.6. The van der Waals surface area contributed by atoms with Crippen LogP contribution in [0, 0.1) is 7.14 Å². The van der Waals surface area contributed by atoms with Crippen molar-refractivity contribution in [3.05, 3.63) is 64.0 Å². The molecule has 0 saturated carbocycles. The maximum absolute atomic E-state index is 13.1. The minimum Gasteiger partial charge on any atom is -0.462 e. The van der Waals surface area contributed by atoms with Crippen molar-refractivity contribution in [1.82, 2.24) is 0 Å². The molecule has 1 aliphatic heterocycles. The first kappa shape index (κ1) is 28.9. The smallest absolute Gasteiger partial charge is 0.340 e. The molecule has 5 nitrogen and oxygen atoms in total. The van der Waals surface area contributed by atoms with Crippen molar-refractivity contribution in [3.8, 4) is 22.5 Å². The number of halogens is 8. The minimum absolute atomic E-state index is 0.00502. The van der Waals surface area contributed by atoms with Crippen LogP contribution in [0.5, 0.6) is 0 Å². The summed E-state index contributed by atoms with van der Waals surface area (Å²) in [6.07, 6.45) is 0.920. The SMILES string of the molecule is CCOC(=O)c1c(Cl)c(Cl)c(Cl)c(Cl)c1-c1c2cc(I)c(=O)c(I)c-2oc2c1C=C(I)C(O)C2I. The van der Waals surface area contributed by atoms with Gasteiger partial charge in [-0.2, -0.15) is 0 Å². The molecule has 0 aromatic heterocycles. The van der Waals surface area contributed by atoms with Gasteiger partial charge in [0.2, 0.25) is 5.43 Å². The predicted octanol–water partition coefficient (Wildman–Crippen LogP) is 9.04. The van der Waals surface area contributed by atoms with E-state index < -0.39 is 16.0 Å². The zero-order valence-electron chi connectivity index (χ0n) is 17.1. The number of carbonyl (C=O) groups is 1. The van der Waals surface area contributed by atoms with Gasteiger partial charge in [0.05, 0.1) is 35.8 Å². The molecule has 0 spiro atoms. The van der Waals surface area contributed by atoms with Crippen molar-refractivity contribution < 1.29 is 19.1 Å². The lowest BCUT2D eigenvalue weighted by Gasteiger charge is -2.29. The number of hydrogen-bond donors (Lipinski definition) is 1. The number of benzene rings is 2. The highest BCUT2D eigenvalue weighted by Gasteiger charge is 2.37. The summed E-state index contributed by atoms with van der Waals surface area (Å²) in [7, 11) is 0. The number of hydrogen-bond acceptors (Lipinski definition) is 5. The van der Waals surface area contributed by atoms with Gasteiger partial charge in [-0.3, -0.25) is 4.79 Å². The maximum Gasteiger partial charge on any atom is 0.340 e. The lowest BCUT2D eigenvalue weighted by molar-refractivity contribution is 0.0527. The Labute approximate surface area is 274 Å². The van der Waals surface area contributed by atoms with Gasteiger partial charge in [-0.05, 0) is 86.8 Å². The third-order valence-electron chi connectivity index (χ3n) is 5.24. The topological polar surface area (TPSA) is 76.7 Å². The first-order valence-electron chi connectivity index (χ1n) is 9.63. The Morgan fingerprint density at radius 2 is 1.71 bits per heavy atom. The molecule has 0 saturated heterocycles. The van der Waals surface area contributed by atoms with Gasteiger partial charge >= 0.3 is 5.97 Å². The molecule has 13 heteroatoms. The van der Waals surface area contributed by atoms with Gasteiger partial charge in [0.25, 0.3) is 0 Å². The van der Waals surface area contributed by atoms with Gasteiger partial charge in [0.15, 0.2) is 5.76 Å². The van der Waals surface area contributed by atoms with E-state index in [-0.39, 0.29) is 49.0 Å². The van der Waals surface area contributed by atoms with Crippen LogP contribution in [-0.4, -0.2) is 23.8 Å². The van der Waals surface area contributed by atoms with E-state index in [1.54, 1.807) is 19.1 Å². The van der Waals surface area contributed by atoms with Crippen molar-refractivity contribution in [1.29, 1.82) is 0 Å². The molecule has 0 bridgehead atoms. The molecule has 1 N–H and O–H groups in total. The molecular formula is C22H10Cl4I4O5. The second kappa shape index (κ2) is 11.2. The molecule has 1 heterocycles. The van der Waals surface area contributed by atoms with Crippen LogP contribution in [0.25, 0.3) is 28.5 Å². The second-order valence-electron chi connectivity index (χ2n) is 7.24. The molecule has 0 radical (unpaired) electrons. The summed E-state index contributed by atoms with van der Waals surface area (Å²) >= 11 is 34.1. The molecule has 3 aliphatic rings. The Kier molecular flexibility index (Phi) is 9.23. The van der Waals surface area contributed by atoms with Crippen LogP contribution in [0.4, 0.5) is 0 Å².